The monoisotopic (exact) mass is 355 g/mol. The van der Waals surface area contributed by atoms with E-state index in [0.29, 0.717) is 29.8 Å². The number of amides is 1. The fourth-order valence-corrected chi connectivity index (χ4v) is 2.18. The number of nitrogen functional groups attached to an aromatic ring is 1. The second kappa shape index (κ2) is 9.22. The van der Waals surface area contributed by atoms with Crippen LogP contribution in [0.1, 0.15) is 21.5 Å². The Morgan fingerprint density at radius 3 is 2.23 bits per heavy atom. The van der Waals surface area contributed by atoms with Crippen molar-refractivity contribution in [2.75, 3.05) is 20.3 Å². The Balaban J connectivity index is 1.80. The van der Waals surface area contributed by atoms with Crippen LogP contribution in [-0.2, 0) is 16.0 Å². The molecule has 1 amide bonds. The van der Waals surface area contributed by atoms with Gasteiger partial charge < -0.3 is 20.5 Å². The predicted molar refractivity (Wildman–Crippen MR) is 97.4 cm³/mol. The molecule has 0 aromatic heterocycles. The number of nitrogens with two attached hydrogens (primary N) is 1. The Morgan fingerprint density at radius 1 is 1.04 bits per heavy atom. The van der Waals surface area contributed by atoms with Gasteiger partial charge in [0.15, 0.2) is 6.61 Å². The molecule has 136 valence electrons. The quantitative estimate of drug-likeness (QED) is 0.377. The van der Waals surface area contributed by atoms with Crippen LogP contribution in [0.3, 0.4) is 0 Å². The minimum atomic E-state index is -0.469. The number of ether oxygens (including phenoxy) is 2. The number of benzene rings is 2. The highest BCUT2D eigenvalue weighted by molar-refractivity contribution is 5.95. The van der Waals surface area contributed by atoms with E-state index in [1.807, 2.05) is 12.1 Å². The first-order valence-electron chi connectivity index (χ1n) is 8.01. The third kappa shape index (κ3) is 5.62. The second-order valence-corrected chi connectivity index (χ2v) is 5.51. The molecule has 2 rings (SSSR count). The molecule has 0 bridgehead atoms. The molecule has 0 unspecified atom stereocenters. The minimum absolute atomic E-state index is 0.0314. The first-order valence-corrected chi connectivity index (χ1v) is 8.01. The summed E-state index contributed by atoms with van der Waals surface area (Å²) in [5.74, 6) is -0.144. The summed E-state index contributed by atoms with van der Waals surface area (Å²) in [5.41, 5.74) is 7.63. The lowest BCUT2D eigenvalue weighted by Gasteiger charge is -2.08. The maximum atomic E-state index is 12.1. The van der Waals surface area contributed by atoms with Crippen molar-refractivity contribution in [1.29, 1.82) is 5.41 Å². The number of carbonyl (C=O) groups is 2. The van der Waals surface area contributed by atoms with E-state index in [0.717, 1.165) is 5.56 Å². The van der Waals surface area contributed by atoms with E-state index in [-0.39, 0.29) is 18.3 Å². The summed E-state index contributed by atoms with van der Waals surface area (Å²) in [6.07, 6.45) is 0.671. The van der Waals surface area contributed by atoms with Crippen molar-refractivity contribution in [1.82, 2.24) is 5.32 Å². The molecule has 2 aromatic carbocycles. The Labute approximate surface area is 151 Å². The molecule has 7 heteroatoms. The van der Waals surface area contributed by atoms with Gasteiger partial charge in [0.1, 0.15) is 11.6 Å². The van der Waals surface area contributed by atoms with Crippen molar-refractivity contribution >= 4 is 17.7 Å². The zero-order valence-corrected chi connectivity index (χ0v) is 14.5. The van der Waals surface area contributed by atoms with Crippen LogP contribution in [0.2, 0.25) is 0 Å². The smallest absolute Gasteiger partial charge is 0.343 e. The molecular formula is C19H21N3O4. The molecule has 2 aromatic rings. The van der Waals surface area contributed by atoms with Crippen molar-refractivity contribution in [3.05, 3.63) is 65.2 Å². The molecule has 0 atom stereocenters. The van der Waals surface area contributed by atoms with E-state index in [2.05, 4.69) is 10.1 Å². The molecule has 7 nitrogen and oxygen atoms in total. The van der Waals surface area contributed by atoms with Crippen molar-refractivity contribution in [3.63, 3.8) is 0 Å². The SMILES string of the molecule is COC(=O)COc1ccc(C(=O)NCCc2ccc(C(=N)N)cc2)cc1. The van der Waals surface area contributed by atoms with Crippen LogP contribution >= 0.6 is 0 Å². The van der Waals surface area contributed by atoms with Gasteiger partial charge in [-0.15, -0.1) is 0 Å². The third-order valence-corrected chi connectivity index (χ3v) is 3.67. The summed E-state index contributed by atoms with van der Waals surface area (Å²) >= 11 is 0. The summed E-state index contributed by atoms with van der Waals surface area (Å²) in [7, 11) is 1.29. The normalized spacial score (nSPS) is 10.0. The Morgan fingerprint density at radius 2 is 1.65 bits per heavy atom. The van der Waals surface area contributed by atoms with E-state index in [4.69, 9.17) is 15.9 Å². The van der Waals surface area contributed by atoms with Gasteiger partial charge in [-0.05, 0) is 36.2 Å². The first-order chi connectivity index (χ1) is 12.5. The van der Waals surface area contributed by atoms with Crippen LogP contribution in [0.15, 0.2) is 48.5 Å². The van der Waals surface area contributed by atoms with Crippen LogP contribution < -0.4 is 15.8 Å². The van der Waals surface area contributed by atoms with E-state index in [1.54, 1.807) is 36.4 Å². The van der Waals surface area contributed by atoms with E-state index < -0.39 is 5.97 Å². The average Bonchev–Trinajstić information content (AvgIpc) is 2.66. The molecule has 0 heterocycles. The van der Waals surface area contributed by atoms with Crippen molar-refractivity contribution in [3.8, 4) is 5.75 Å². The molecular weight excluding hydrogens is 334 g/mol. The maximum absolute atomic E-state index is 12.1. The van der Waals surface area contributed by atoms with E-state index >= 15 is 0 Å². The summed E-state index contributed by atoms with van der Waals surface area (Å²) in [5, 5.41) is 10.2. The van der Waals surface area contributed by atoms with Crippen LogP contribution in [0, 0.1) is 5.41 Å². The summed E-state index contributed by atoms with van der Waals surface area (Å²) in [6.45, 7) is 0.309. The average molecular weight is 355 g/mol. The van der Waals surface area contributed by atoms with E-state index in [9.17, 15) is 9.59 Å². The highest BCUT2D eigenvalue weighted by Gasteiger charge is 2.07. The number of amidine groups is 1. The van der Waals surface area contributed by atoms with Crippen molar-refractivity contribution in [2.24, 2.45) is 5.73 Å². The lowest BCUT2D eigenvalue weighted by Crippen LogP contribution is -2.25. The number of rotatable bonds is 8. The Kier molecular flexibility index (Phi) is 6.73. The van der Waals surface area contributed by atoms with Gasteiger partial charge in [-0.2, -0.15) is 0 Å². The molecule has 0 aliphatic heterocycles. The number of hydrogen-bond donors (Lipinski definition) is 3. The highest BCUT2D eigenvalue weighted by atomic mass is 16.6. The molecule has 0 fully saturated rings. The molecule has 0 spiro atoms. The largest absolute Gasteiger partial charge is 0.482 e. The fraction of sp³-hybridized carbons (Fsp3) is 0.211. The van der Waals surface area contributed by atoms with Crippen LogP contribution in [0.25, 0.3) is 0 Å². The van der Waals surface area contributed by atoms with Gasteiger partial charge in [-0.3, -0.25) is 10.2 Å². The number of methoxy groups -OCH3 is 1. The lowest BCUT2D eigenvalue weighted by molar-refractivity contribution is -0.142. The molecule has 0 saturated carbocycles. The molecule has 4 N–H and O–H groups in total. The van der Waals surface area contributed by atoms with E-state index in [1.165, 1.54) is 7.11 Å². The van der Waals surface area contributed by atoms with Gasteiger partial charge in [0.2, 0.25) is 0 Å². The second-order valence-electron chi connectivity index (χ2n) is 5.51. The standard InChI is InChI=1S/C19H21N3O4/c1-25-17(23)12-26-16-8-6-15(7-9-16)19(24)22-11-10-13-2-4-14(5-3-13)18(20)21/h2-9H,10-12H2,1H3,(H3,20,21)(H,22,24). The molecule has 0 aliphatic rings. The van der Waals surface area contributed by atoms with Crippen LogP contribution in [0.4, 0.5) is 0 Å². The van der Waals surface area contributed by atoms with Crippen molar-refractivity contribution in [2.45, 2.75) is 6.42 Å². The predicted octanol–water partition coefficient (Wildman–Crippen LogP) is 1.49. The number of hydrogen-bond acceptors (Lipinski definition) is 5. The van der Waals surface area contributed by atoms with Gasteiger partial charge in [-0.1, -0.05) is 24.3 Å². The molecule has 0 aliphatic carbocycles. The molecule has 26 heavy (non-hydrogen) atoms. The van der Waals surface area contributed by atoms with Gasteiger partial charge >= 0.3 is 5.97 Å². The number of nitrogens with one attached hydrogen (secondary N) is 2. The van der Waals surface area contributed by atoms with Crippen LogP contribution in [-0.4, -0.2) is 38.0 Å². The van der Waals surface area contributed by atoms with Gasteiger partial charge in [0, 0.05) is 17.7 Å². The lowest BCUT2D eigenvalue weighted by atomic mass is 10.1. The Bertz CT molecular complexity index is 770. The zero-order valence-electron chi connectivity index (χ0n) is 14.5. The molecule has 0 saturated heterocycles. The van der Waals surface area contributed by atoms with Crippen LogP contribution in [0.5, 0.6) is 5.75 Å². The summed E-state index contributed by atoms with van der Waals surface area (Å²) < 4.78 is 9.72. The van der Waals surface area contributed by atoms with Crippen molar-refractivity contribution < 1.29 is 19.1 Å². The first kappa shape index (κ1) is 19.0. The zero-order chi connectivity index (χ0) is 18.9. The highest BCUT2D eigenvalue weighted by Crippen LogP contribution is 2.12. The Hall–Kier alpha value is -3.35. The van der Waals surface area contributed by atoms with Gasteiger partial charge in [0.05, 0.1) is 7.11 Å². The van der Waals surface area contributed by atoms with Gasteiger partial charge in [0.25, 0.3) is 5.91 Å². The van der Waals surface area contributed by atoms with Gasteiger partial charge in [-0.25, -0.2) is 4.79 Å². The number of esters is 1. The number of carbonyl (C=O) groups excluding carboxylic acids is 2. The maximum Gasteiger partial charge on any atom is 0.343 e. The summed E-state index contributed by atoms with van der Waals surface area (Å²) in [4.78, 5) is 23.2. The molecule has 0 radical (unpaired) electrons. The topological polar surface area (TPSA) is 114 Å². The fourth-order valence-electron chi connectivity index (χ4n) is 2.18. The summed E-state index contributed by atoms with van der Waals surface area (Å²) in [6, 6.07) is 13.8. The minimum Gasteiger partial charge on any atom is -0.482 e. The third-order valence-electron chi connectivity index (χ3n) is 3.67.